The fraction of sp³-hybridized carbons (Fsp3) is 0.296. The zero-order chi connectivity index (χ0) is 25.3. The van der Waals surface area contributed by atoms with Gasteiger partial charge >= 0.3 is 11.6 Å². The van der Waals surface area contributed by atoms with Crippen LogP contribution in [0, 0.1) is 13.8 Å². The first-order valence-corrected chi connectivity index (χ1v) is 11.8. The number of fused-ring (bicyclic) bond motifs is 2. The molecule has 0 bridgehead atoms. The Hall–Kier alpha value is -3.58. The minimum Gasteiger partial charge on any atom is -0.480 e. The molecule has 1 amide bonds. The maximum atomic E-state index is 12.8. The maximum Gasteiger partial charge on any atom is 0.340 e. The SMILES string of the molecule is CCCC[C@@H](NC(=O)Cc1c(C)c2cc3c(-c4ccc(Cl)cc4)coc3c(C)c2oc1=O)C(=O)O. The van der Waals surface area contributed by atoms with Gasteiger partial charge in [-0.3, -0.25) is 4.79 Å². The van der Waals surface area contributed by atoms with Gasteiger partial charge in [0.25, 0.3) is 0 Å². The van der Waals surface area contributed by atoms with Gasteiger partial charge in [0.2, 0.25) is 5.91 Å². The van der Waals surface area contributed by atoms with Crippen molar-refractivity contribution in [2.75, 3.05) is 0 Å². The fourth-order valence-corrected chi connectivity index (χ4v) is 4.45. The van der Waals surface area contributed by atoms with Gasteiger partial charge in [-0.25, -0.2) is 9.59 Å². The first-order valence-electron chi connectivity index (χ1n) is 11.5. The number of benzene rings is 2. The summed E-state index contributed by atoms with van der Waals surface area (Å²) >= 11 is 6.03. The van der Waals surface area contributed by atoms with Crippen molar-refractivity contribution < 1.29 is 23.5 Å². The number of rotatable bonds is 8. The van der Waals surface area contributed by atoms with Gasteiger partial charge in [-0.05, 0) is 49.6 Å². The molecule has 0 saturated heterocycles. The second-order valence-electron chi connectivity index (χ2n) is 8.68. The molecule has 0 fully saturated rings. The third kappa shape index (κ3) is 4.82. The van der Waals surface area contributed by atoms with Gasteiger partial charge in [-0.2, -0.15) is 0 Å². The number of halogens is 1. The summed E-state index contributed by atoms with van der Waals surface area (Å²) in [4.78, 5) is 37.0. The molecule has 0 saturated carbocycles. The van der Waals surface area contributed by atoms with Crippen molar-refractivity contribution >= 4 is 45.4 Å². The average Bonchev–Trinajstić information content (AvgIpc) is 3.25. The average molecular weight is 496 g/mol. The van der Waals surface area contributed by atoms with Crippen LogP contribution in [0.1, 0.15) is 42.9 Å². The summed E-state index contributed by atoms with van der Waals surface area (Å²) in [6, 6.07) is 8.30. The first kappa shape index (κ1) is 24.5. The maximum absolute atomic E-state index is 12.8. The molecule has 4 rings (SSSR count). The third-order valence-electron chi connectivity index (χ3n) is 6.31. The highest BCUT2D eigenvalue weighted by molar-refractivity contribution is 6.30. The van der Waals surface area contributed by atoms with E-state index in [2.05, 4.69) is 5.32 Å². The van der Waals surface area contributed by atoms with E-state index in [-0.39, 0.29) is 12.0 Å². The molecule has 0 unspecified atom stereocenters. The van der Waals surface area contributed by atoms with Crippen LogP contribution >= 0.6 is 11.6 Å². The van der Waals surface area contributed by atoms with Gasteiger partial charge in [0.1, 0.15) is 17.2 Å². The Labute approximate surface area is 206 Å². The standard InChI is InChI=1S/C27H26ClNO6/c1-4-5-6-22(26(31)32)29-23(30)12-19-14(2)18-11-20-21(16-7-9-17(28)10-8-16)13-34-24(20)15(3)25(18)35-27(19)33/h7-11,13,22H,4-6,12H2,1-3H3,(H,29,30)(H,31,32)/t22-/m1/s1. The molecule has 8 heteroatoms. The second kappa shape index (κ2) is 9.96. The van der Waals surface area contributed by atoms with Crippen LogP contribution in [0.15, 0.2) is 50.2 Å². The number of aliphatic carboxylic acids is 1. The number of carbonyl (C=O) groups is 2. The Balaban J connectivity index is 1.76. The molecule has 0 aliphatic carbocycles. The topological polar surface area (TPSA) is 110 Å². The Morgan fingerprint density at radius 3 is 2.46 bits per heavy atom. The molecule has 2 aromatic carbocycles. The molecule has 7 nitrogen and oxygen atoms in total. The molecule has 2 heterocycles. The molecule has 182 valence electrons. The van der Waals surface area contributed by atoms with Crippen molar-refractivity contribution in [1.29, 1.82) is 0 Å². The summed E-state index contributed by atoms with van der Waals surface area (Å²) < 4.78 is 11.5. The smallest absolute Gasteiger partial charge is 0.340 e. The van der Waals surface area contributed by atoms with Crippen molar-refractivity contribution in [2.24, 2.45) is 0 Å². The molecule has 4 aromatic rings. The van der Waals surface area contributed by atoms with E-state index in [1.165, 1.54) is 0 Å². The molecule has 0 radical (unpaired) electrons. The Morgan fingerprint density at radius 1 is 1.09 bits per heavy atom. The first-order chi connectivity index (χ1) is 16.7. The summed E-state index contributed by atoms with van der Waals surface area (Å²) in [7, 11) is 0. The number of carboxylic acids is 1. The van der Waals surface area contributed by atoms with E-state index in [9.17, 15) is 19.5 Å². The van der Waals surface area contributed by atoms with Crippen molar-refractivity contribution in [3.05, 3.63) is 68.7 Å². The lowest BCUT2D eigenvalue weighted by atomic mass is 9.97. The summed E-state index contributed by atoms with van der Waals surface area (Å²) in [6.07, 6.45) is 3.20. The molecule has 35 heavy (non-hydrogen) atoms. The predicted molar refractivity (Wildman–Crippen MR) is 135 cm³/mol. The number of nitrogens with one attached hydrogen (secondary N) is 1. The molecule has 0 spiro atoms. The Kier molecular flexibility index (Phi) is 6.98. The van der Waals surface area contributed by atoms with Gasteiger partial charge < -0.3 is 19.3 Å². The highest BCUT2D eigenvalue weighted by atomic mass is 35.5. The van der Waals surface area contributed by atoms with Crippen LogP contribution in [-0.2, 0) is 16.0 Å². The predicted octanol–water partition coefficient (Wildman–Crippen LogP) is 5.78. The molecule has 2 aromatic heterocycles. The van der Waals surface area contributed by atoms with Crippen molar-refractivity contribution in [3.8, 4) is 11.1 Å². The lowest BCUT2D eigenvalue weighted by Gasteiger charge is -2.15. The molecule has 2 N–H and O–H groups in total. The largest absolute Gasteiger partial charge is 0.480 e. The van der Waals surface area contributed by atoms with E-state index in [0.717, 1.165) is 22.9 Å². The van der Waals surface area contributed by atoms with Gasteiger partial charge in [0.05, 0.1) is 18.2 Å². The van der Waals surface area contributed by atoms with Crippen molar-refractivity contribution in [2.45, 2.75) is 52.5 Å². The van der Waals surface area contributed by atoms with Crippen molar-refractivity contribution in [3.63, 3.8) is 0 Å². The molecular formula is C27H26ClNO6. The van der Waals surface area contributed by atoms with E-state index < -0.39 is 23.5 Å². The molecule has 0 aliphatic rings. The van der Waals surface area contributed by atoms with E-state index >= 15 is 0 Å². The minimum absolute atomic E-state index is 0.199. The van der Waals surface area contributed by atoms with Gasteiger partial charge in [-0.1, -0.05) is 43.5 Å². The van der Waals surface area contributed by atoms with Crippen LogP contribution in [-0.4, -0.2) is 23.0 Å². The quantitative estimate of drug-likeness (QED) is 0.300. The normalized spacial score (nSPS) is 12.2. The lowest BCUT2D eigenvalue weighted by molar-refractivity contribution is -0.142. The highest BCUT2D eigenvalue weighted by Crippen LogP contribution is 2.37. The van der Waals surface area contributed by atoms with Crippen molar-refractivity contribution in [1.82, 2.24) is 5.32 Å². The number of unbranched alkanes of at least 4 members (excludes halogenated alkanes) is 1. The number of hydrogen-bond donors (Lipinski definition) is 2. The van der Waals surface area contributed by atoms with Gasteiger partial charge in [0.15, 0.2) is 0 Å². The summed E-state index contributed by atoms with van der Waals surface area (Å²) in [5.74, 6) is -1.63. The van der Waals surface area contributed by atoms with Crippen LogP contribution < -0.4 is 10.9 Å². The third-order valence-corrected chi connectivity index (χ3v) is 6.57. The van der Waals surface area contributed by atoms with Crippen LogP contribution in [0.25, 0.3) is 33.1 Å². The fourth-order valence-electron chi connectivity index (χ4n) is 4.33. The monoisotopic (exact) mass is 495 g/mol. The number of carbonyl (C=O) groups excluding carboxylic acids is 1. The van der Waals surface area contributed by atoms with Crippen LogP contribution in [0.4, 0.5) is 0 Å². The van der Waals surface area contributed by atoms with Gasteiger partial charge in [0, 0.05) is 26.9 Å². The second-order valence-corrected chi connectivity index (χ2v) is 9.12. The highest BCUT2D eigenvalue weighted by Gasteiger charge is 2.23. The lowest BCUT2D eigenvalue weighted by Crippen LogP contribution is -2.42. The molecule has 0 aliphatic heterocycles. The number of hydrogen-bond acceptors (Lipinski definition) is 5. The Bertz CT molecular complexity index is 1480. The van der Waals surface area contributed by atoms with E-state index in [0.29, 0.717) is 45.5 Å². The molecular weight excluding hydrogens is 470 g/mol. The number of furan rings is 1. The number of amides is 1. The molecule has 1 atom stereocenters. The number of aryl methyl sites for hydroxylation is 2. The van der Waals surface area contributed by atoms with E-state index in [4.69, 9.17) is 20.4 Å². The Morgan fingerprint density at radius 2 is 1.80 bits per heavy atom. The number of carboxylic acid groups (broad SMARTS) is 1. The zero-order valence-corrected chi connectivity index (χ0v) is 20.5. The van der Waals surface area contributed by atoms with Crippen LogP contribution in [0.3, 0.4) is 0 Å². The van der Waals surface area contributed by atoms with Crippen LogP contribution in [0.2, 0.25) is 5.02 Å². The van der Waals surface area contributed by atoms with E-state index in [1.807, 2.05) is 32.0 Å². The summed E-state index contributed by atoms with van der Waals surface area (Å²) in [6.45, 7) is 5.53. The zero-order valence-electron chi connectivity index (χ0n) is 19.7. The minimum atomic E-state index is -1.10. The van der Waals surface area contributed by atoms with Crippen LogP contribution in [0.5, 0.6) is 0 Å². The van der Waals surface area contributed by atoms with Gasteiger partial charge in [-0.15, -0.1) is 0 Å². The van der Waals surface area contributed by atoms with E-state index in [1.54, 1.807) is 25.3 Å². The summed E-state index contributed by atoms with van der Waals surface area (Å²) in [5.41, 5.74) is 3.66. The summed E-state index contributed by atoms with van der Waals surface area (Å²) in [5, 5.41) is 14.1.